The van der Waals surface area contributed by atoms with E-state index >= 15 is 0 Å². The fourth-order valence-electron chi connectivity index (χ4n) is 4.46. The molecule has 0 aromatic heterocycles. The van der Waals surface area contributed by atoms with Gasteiger partial charge in [-0.3, -0.25) is 4.79 Å². The van der Waals surface area contributed by atoms with E-state index in [-0.39, 0.29) is 5.91 Å². The summed E-state index contributed by atoms with van der Waals surface area (Å²) in [5, 5.41) is 3.36. The summed E-state index contributed by atoms with van der Waals surface area (Å²) in [4.78, 5) is 17.4. The van der Waals surface area contributed by atoms with Crippen LogP contribution in [0.25, 0.3) is 0 Å². The fourth-order valence-corrected chi connectivity index (χ4v) is 4.46. The van der Waals surface area contributed by atoms with E-state index in [1.54, 1.807) is 0 Å². The molecular formula is C18H25N3O. The van der Waals surface area contributed by atoms with Crippen LogP contribution in [-0.4, -0.2) is 55.0 Å². The molecule has 1 aromatic carbocycles. The number of carbonyl (C=O) groups is 1. The largest absolute Gasteiger partial charge is 0.384 e. The van der Waals surface area contributed by atoms with Crippen molar-refractivity contribution >= 4 is 11.6 Å². The summed E-state index contributed by atoms with van der Waals surface area (Å²) in [7, 11) is 2.24. The highest BCUT2D eigenvalue weighted by molar-refractivity contribution is 5.95. The van der Waals surface area contributed by atoms with Gasteiger partial charge in [0.2, 0.25) is 0 Å². The number of hydrogen-bond donors (Lipinski definition) is 1. The Balaban J connectivity index is 1.49. The highest BCUT2D eigenvalue weighted by Gasteiger charge is 2.36. The minimum atomic E-state index is 0.223. The van der Waals surface area contributed by atoms with Gasteiger partial charge in [-0.25, -0.2) is 0 Å². The Morgan fingerprint density at radius 1 is 1.27 bits per heavy atom. The quantitative estimate of drug-likeness (QED) is 0.863. The van der Waals surface area contributed by atoms with E-state index in [4.69, 9.17) is 0 Å². The molecule has 2 fully saturated rings. The maximum absolute atomic E-state index is 12.8. The number of fused-ring (bicyclic) bond motifs is 2. The van der Waals surface area contributed by atoms with Gasteiger partial charge in [0.25, 0.3) is 5.91 Å². The molecule has 4 rings (SSSR count). The molecular weight excluding hydrogens is 274 g/mol. The standard InChI is InChI=1S/C18H25N3O/c1-20-9-2-3-15-12-21(10-7-17(15)20)18(22)14-4-5-16-13(11-14)6-8-19-16/h4-5,11,15,17,19H,2-3,6-10,12H2,1H3. The molecule has 4 heteroatoms. The maximum Gasteiger partial charge on any atom is 0.253 e. The average molecular weight is 299 g/mol. The zero-order valence-electron chi connectivity index (χ0n) is 13.3. The monoisotopic (exact) mass is 299 g/mol. The van der Waals surface area contributed by atoms with Gasteiger partial charge in [0, 0.05) is 36.9 Å². The number of benzene rings is 1. The summed E-state index contributed by atoms with van der Waals surface area (Å²) < 4.78 is 0. The van der Waals surface area contributed by atoms with Crippen LogP contribution in [0.3, 0.4) is 0 Å². The van der Waals surface area contributed by atoms with Crippen LogP contribution in [-0.2, 0) is 6.42 Å². The third kappa shape index (κ3) is 2.39. The first-order valence-corrected chi connectivity index (χ1v) is 8.59. The molecule has 1 N–H and O–H groups in total. The normalized spacial score (nSPS) is 28.0. The zero-order valence-corrected chi connectivity index (χ0v) is 13.3. The Labute approximate surface area is 132 Å². The highest BCUT2D eigenvalue weighted by Crippen LogP contribution is 2.31. The number of nitrogens with zero attached hydrogens (tertiary/aromatic N) is 2. The van der Waals surface area contributed by atoms with E-state index in [0.29, 0.717) is 12.0 Å². The minimum absolute atomic E-state index is 0.223. The molecule has 1 amide bonds. The van der Waals surface area contributed by atoms with Crippen molar-refractivity contribution in [2.45, 2.75) is 31.7 Å². The van der Waals surface area contributed by atoms with Gasteiger partial charge in [-0.05, 0) is 69.0 Å². The van der Waals surface area contributed by atoms with Crippen molar-refractivity contribution in [3.63, 3.8) is 0 Å². The van der Waals surface area contributed by atoms with Crippen molar-refractivity contribution in [2.24, 2.45) is 5.92 Å². The van der Waals surface area contributed by atoms with Crippen molar-refractivity contribution in [1.29, 1.82) is 0 Å². The molecule has 3 aliphatic heterocycles. The van der Waals surface area contributed by atoms with Gasteiger partial charge in [0.05, 0.1) is 0 Å². The third-order valence-electron chi connectivity index (χ3n) is 5.69. The second kappa shape index (κ2) is 5.58. The summed E-state index contributed by atoms with van der Waals surface area (Å²) in [6, 6.07) is 6.83. The Bertz CT molecular complexity index is 586. The van der Waals surface area contributed by atoms with Gasteiger partial charge in [0.1, 0.15) is 0 Å². The SMILES string of the molecule is CN1CCCC2CN(C(=O)c3ccc4c(c3)CCN4)CCC21. The molecule has 4 nitrogen and oxygen atoms in total. The lowest BCUT2D eigenvalue weighted by molar-refractivity contribution is 0.0317. The Morgan fingerprint density at radius 2 is 2.18 bits per heavy atom. The van der Waals surface area contributed by atoms with E-state index < -0.39 is 0 Å². The summed E-state index contributed by atoms with van der Waals surface area (Å²) >= 11 is 0. The molecule has 0 spiro atoms. The maximum atomic E-state index is 12.8. The van der Waals surface area contributed by atoms with Crippen molar-refractivity contribution in [3.8, 4) is 0 Å². The number of anilines is 1. The van der Waals surface area contributed by atoms with Crippen LogP contribution < -0.4 is 5.32 Å². The van der Waals surface area contributed by atoms with Crippen LogP contribution in [0, 0.1) is 5.92 Å². The summed E-state index contributed by atoms with van der Waals surface area (Å²) in [6.45, 7) is 4.04. The summed E-state index contributed by atoms with van der Waals surface area (Å²) in [5.74, 6) is 0.883. The second-order valence-corrected chi connectivity index (χ2v) is 7.04. The molecule has 118 valence electrons. The lowest BCUT2D eigenvalue weighted by atomic mass is 9.84. The van der Waals surface area contributed by atoms with Crippen LogP contribution in [0.1, 0.15) is 35.2 Å². The first-order chi connectivity index (χ1) is 10.7. The van der Waals surface area contributed by atoms with Crippen molar-refractivity contribution in [2.75, 3.05) is 38.5 Å². The predicted molar refractivity (Wildman–Crippen MR) is 88.3 cm³/mol. The number of rotatable bonds is 1. The molecule has 2 atom stereocenters. The molecule has 1 aromatic rings. The molecule has 3 aliphatic rings. The van der Waals surface area contributed by atoms with Gasteiger partial charge in [-0.15, -0.1) is 0 Å². The van der Waals surface area contributed by atoms with Crippen LogP contribution in [0.4, 0.5) is 5.69 Å². The van der Waals surface area contributed by atoms with E-state index in [1.807, 2.05) is 6.07 Å². The number of piperidine rings is 2. The molecule has 0 bridgehead atoms. The molecule has 2 saturated heterocycles. The number of likely N-dealkylation sites (tertiary alicyclic amines) is 2. The van der Waals surface area contributed by atoms with Crippen LogP contribution in [0.15, 0.2) is 18.2 Å². The van der Waals surface area contributed by atoms with Crippen molar-refractivity contribution in [3.05, 3.63) is 29.3 Å². The Morgan fingerprint density at radius 3 is 3.09 bits per heavy atom. The number of carbonyl (C=O) groups excluding carboxylic acids is 1. The summed E-state index contributed by atoms with van der Waals surface area (Å²) in [5.41, 5.74) is 3.35. The minimum Gasteiger partial charge on any atom is -0.384 e. The average Bonchev–Trinajstić information content (AvgIpc) is 3.01. The smallest absolute Gasteiger partial charge is 0.253 e. The van der Waals surface area contributed by atoms with Gasteiger partial charge < -0.3 is 15.1 Å². The highest BCUT2D eigenvalue weighted by atomic mass is 16.2. The predicted octanol–water partition coefficient (Wildman–Crippen LogP) is 2.21. The van der Waals surface area contributed by atoms with E-state index in [9.17, 15) is 4.79 Å². The molecule has 3 heterocycles. The topological polar surface area (TPSA) is 35.6 Å². The van der Waals surface area contributed by atoms with E-state index in [0.717, 1.165) is 38.0 Å². The van der Waals surface area contributed by atoms with Gasteiger partial charge in [0.15, 0.2) is 0 Å². The zero-order chi connectivity index (χ0) is 15.1. The molecule has 0 radical (unpaired) electrons. The number of nitrogens with one attached hydrogen (secondary N) is 1. The second-order valence-electron chi connectivity index (χ2n) is 7.04. The van der Waals surface area contributed by atoms with Crippen molar-refractivity contribution < 1.29 is 4.79 Å². The molecule has 0 saturated carbocycles. The molecule has 2 unspecified atom stereocenters. The first kappa shape index (κ1) is 14.1. The van der Waals surface area contributed by atoms with Gasteiger partial charge in [-0.2, -0.15) is 0 Å². The molecule has 22 heavy (non-hydrogen) atoms. The van der Waals surface area contributed by atoms with Gasteiger partial charge >= 0.3 is 0 Å². The van der Waals surface area contributed by atoms with Crippen LogP contribution in [0.2, 0.25) is 0 Å². The lowest BCUT2D eigenvalue weighted by Gasteiger charge is -2.46. The summed E-state index contributed by atoms with van der Waals surface area (Å²) in [6.07, 6.45) is 4.70. The Hall–Kier alpha value is -1.55. The van der Waals surface area contributed by atoms with E-state index in [1.165, 1.54) is 30.6 Å². The van der Waals surface area contributed by atoms with Crippen LogP contribution in [0.5, 0.6) is 0 Å². The van der Waals surface area contributed by atoms with Gasteiger partial charge in [-0.1, -0.05) is 0 Å². The third-order valence-corrected chi connectivity index (χ3v) is 5.69. The van der Waals surface area contributed by atoms with E-state index in [2.05, 4.69) is 34.3 Å². The molecule has 0 aliphatic carbocycles. The lowest BCUT2D eigenvalue weighted by Crippen LogP contribution is -2.53. The van der Waals surface area contributed by atoms with Crippen LogP contribution >= 0.6 is 0 Å². The number of hydrogen-bond acceptors (Lipinski definition) is 3. The first-order valence-electron chi connectivity index (χ1n) is 8.59. The fraction of sp³-hybridized carbons (Fsp3) is 0.611. The number of amides is 1. The van der Waals surface area contributed by atoms with Crippen molar-refractivity contribution in [1.82, 2.24) is 9.80 Å². The Kier molecular flexibility index (Phi) is 3.57.